The minimum absolute atomic E-state index is 0.120. The molecule has 0 bridgehead atoms. The quantitative estimate of drug-likeness (QED) is 0.544. The highest BCUT2D eigenvalue weighted by atomic mass is 35.5. The fraction of sp³-hybridized carbons (Fsp3) is 0.208. The molecule has 1 amide bonds. The third-order valence-electron chi connectivity index (χ3n) is 5.21. The summed E-state index contributed by atoms with van der Waals surface area (Å²) in [6, 6.07) is 24.1. The molecule has 0 N–H and O–H groups in total. The topological polar surface area (TPSA) is 66.9 Å². The number of hydrogen-bond acceptors (Lipinski definition) is 4. The molecule has 1 aliphatic heterocycles. The first kappa shape index (κ1) is 22.2. The molecule has 4 rings (SSSR count). The number of sulfonamides is 1. The van der Waals surface area contributed by atoms with E-state index in [-0.39, 0.29) is 12.5 Å². The third-order valence-corrected chi connectivity index (χ3v) is 6.59. The molecular weight excluding hydrogens is 448 g/mol. The summed E-state index contributed by atoms with van der Waals surface area (Å²) in [4.78, 5) is 15.3. The van der Waals surface area contributed by atoms with Crippen LogP contribution in [0, 0.1) is 0 Å². The highest BCUT2D eigenvalue weighted by Crippen LogP contribution is 2.37. The summed E-state index contributed by atoms with van der Waals surface area (Å²) in [7, 11) is -3.64. The Hall–Kier alpha value is -3.03. The fourth-order valence-corrected chi connectivity index (χ4v) is 4.76. The van der Waals surface area contributed by atoms with E-state index in [2.05, 4.69) is 0 Å². The van der Waals surface area contributed by atoms with Crippen LogP contribution in [0.1, 0.15) is 11.1 Å². The Morgan fingerprint density at radius 1 is 1.00 bits per heavy atom. The summed E-state index contributed by atoms with van der Waals surface area (Å²) >= 11 is 6.07. The van der Waals surface area contributed by atoms with Gasteiger partial charge in [0.15, 0.2) is 6.10 Å². The second-order valence-corrected chi connectivity index (χ2v) is 10.0. The van der Waals surface area contributed by atoms with Gasteiger partial charge in [-0.05, 0) is 29.3 Å². The highest BCUT2D eigenvalue weighted by Gasteiger charge is 2.37. The van der Waals surface area contributed by atoms with E-state index in [1.54, 1.807) is 17.0 Å². The number of anilines is 1. The number of carbonyl (C=O) groups is 1. The molecule has 6 nitrogen and oxygen atoms in total. The van der Waals surface area contributed by atoms with E-state index in [1.807, 2.05) is 60.7 Å². The van der Waals surface area contributed by atoms with Crippen molar-refractivity contribution >= 4 is 33.2 Å². The molecule has 0 radical (unpaired) electrons. The van der Waals surface area contributed by atoms with Crippen LogP contribution in [0.4, 0.5) is 5.69 Å². The number of fused-ring (bicyclic) bond motifs is 1. The lowest BCUT2D eigenvalue weighted by Gasteiger charge is -2.36. The van der Waals surface area contributed by atoms with E-state index in [1.165, 1.54) is 10.4 Å². The van der Waals surface area contributed by atoms with Gasteiger partial charge in [0.2, 0.25) is 10.0 Å². The first-order chi connectivity index (χ1) is 15.3. The molecule has 0 spiro atoms. The molecule has 0 aromatic heterocycles. The lowest BCUT2D eigenvalue weighted by Crippen LogP contribution is -2.51. The smallest absolute Gasteiger partial charge is 0.266 e. The maximum atomic E-state index is 13.6. The molecular formula is C24H23ClN2O4S. The van der Waals surface area contributed by atoms with Crippen LogP contribution in [0.5, 0.6) is 5.75 Å². The van der Waals surface area contributed by atoms with Gasteiger partial charge < -0.3 is 9.64 Å². The Labute approximate surface area is 193 Å². The Morgan fingerprint density at radius 2 is 1.56 bits per heavy atom. The molecule has 0 saturated heterocycles. The number of nitrogens with zero attached hydrogens (tertiary/aromatic N) is 2. The monoisotopic (exact) mass is 470 g/mol. The van der Waals surface area contributed by atoms with Gasteiger partial charge in [0.25, 0.3) is 5.91 Å². The zero-order valence-electron chi connectivity index (χ0n) is 17.5. The molecule has 166 valence electrons. The molecule has 1 aliphatic rings. The van der Waals surface area contributed by atoms with Crippen LogP contribution < -0.4 is 9.04 Å². The summed E-state index contributed by atoms with van der Waals surface area (Å²) in [6.45, 7) is 0.632. The number of hydrogen-bond donors (Lipinski definition) is 0. The average Bonchev–Trinajstić information content (AvgIpc) is 2.78. The van der Waals surface area contributed by atoms with E-state index in [4.69, 9.17) is 16.3 Å². The van der Waals surface area contributed by atoms with E-state index >= 15 is 0 Å². The lowest BCUT2D eigenvalue weighted by molar-refractivity contribution is -0.139. The second-order valence-electron chi connectivity index (χ2n) is 7.68. The van der Waals surface area contributed by atoms with Crippen molar-refractivity contribution in [2.24, 2.45) is 0 Å². The molecule has 0 aliphatic carbocycles. The van der Waals surface area contributed by atoms with Crippen LogP contribution in [0.15, 0.2) is 78.9 Å². The van der Waals surface area contributed by atoms with Gasteiger partial charge in [-0.2, -0.15) is 0 Å². The Bertz CT molecular complexity index is 1160. The predicted octanol–water partition coefficient (Wildman–Crippen LogP) is 4.10. The minimum atomic E-state index is -3.64. The number of carbonyl (C=O) groups excluding carboxylic acids is 1. The summed E-state index contributed by atoms with van der Waals surface area (Å²) in [5.41, 5.74) is 2.28. The van der Waals surface area contributed by atoms with Crippen LogP contribution in [0.3, 0.4) is 0 Å². The van der Waals surface area contributed by atoms with Gasteiger partial charge in [0.1, 0.15) is 5.75 Å². The van der Waals surface area contributed by atoms with Gasteiger partial charge in [-0.15, -0.1) is 0 Å². The van der Waals surface area contributed by atoms with Crippen molar-refractivity contribution < 1.29 is 17.9 Å². The van der Waals surface area contributed by atoms with Crippen molar-refractivity contribution in [3.63, 3.8) is 0 Å². The Morgan fingerprint density at radius 3 is 2.09 bits per heavy atom. The third kappa shape index (κ3) is 5.06. The van der Waals surface area contributed by atoms with Crippen molar-refractivity contribution in [2.45, 2.75) is 19.2 Å². The van der Waals surface area contributed by atoms with E-state index in [0.717, 1.165) is 17.4 Å². The predicted molar refractivity (Wildman–Crippen MR) is 125 cm³/mol. The first-order valence-corrected chi connectivity index (χ1v) is 12.3. The zero-order valence-corrected chi connectivity index (χ0v) is 19.1. The molecule has 1 heterocycles. The largest absolute Gasteiger partial charge is 0.476 e. The van der Waals surface area contributed by atoms with Crippen molar-refractivity contribution in [3.8, 4) is 5.75 Å². The highest BCUT2D eigenvalue weighted by molar-refractivity contribution is 7.92. The molecule has 0 unspecified atom stereocenters. The van der Waals surface area contributed by atoms with Crippen molar-refractivity contribution in [3.05, 3.63) is 95.0 Å². The van der Waals surface area contributed by atoms with Crippen LogP contribution in [0.25, 0.3) is 0 Å². The number of ether oxygens (including phenoxy) is 1. The molecule has 0 fully saturated rings. The molecule has 3 aromatic rings. The Kier molecular flexibility index (Phi) is 6.39. The maximum absolute atomic E-state index is 13.6. The van der Waals surface area contributed by atoms with Crippen LogP contribution >= 0.6 is 11.6 Å². The van der Waals surface area contributed by atoms with Crippen molar-refractivity contribution in [1.82, 2.24) is 4.90 Å². The van der Waals surface area contributed by atoms with Gasteiger partial charge >= 0.3 is 0 Å². The summed E-state index contributed by atoms with van der Waals surface area (Å²) in [6.07, 6.45) is 0.127. The van der Waals surface area contributed by atoms with Gasteiger partial charge in [-0.25, -0.2) is 8.42 Å². The van der Waals surface area contributed by atoms with Crippen molar-refractivity contribution in [2.75, 3.05) is 17.1 Å². The molecule has 8 heteroatoms. The molecule has 1 atom stereocenters. The van der Waals surface area contributed by atoms with Gasteiger partial charge in [-0.1, -0.05) is 72.3 Å². The van der Waals surface area contributed by atoms with Gasteiger partial charge in [-0.3, -0.25) is 9.10 Å². The van der Waals surface area contributed by atoms with Crippen LogP contribution in [-0.2, 0) is 27.9 Å². The van der Waals surface area contributed by atoms with Crippen molar-refractivity contribution in [1.29, 1.82) is 0 Å². The fourth-order valence-electron chi connectivity index (χ4n) is 3.69. The van der Waals surface area contributed by atoms with Crippen LogP contribution in [0.2, 0.25) is 5.02 Å². The number of halogens is 1. The summed E-state index contributed by atoms with van der Waals surface area (Å²) < 4.78 is 32.1. The van der Waals surface area contributed by atoms with E-state index in [9.17, 15) is 13.2 Å². The molecule has 0 saturated carbocycles. The van der Waals surface area contributed by atoms with Crippen LogP contribution in [-0.4, -0.2) is 38.1 Å². The second kappa shape index (κ2) is 9.22. The van der Waals surface area contributed by atoms with E-state index in [0.29, 0.717) is 29.5 Å². The maximum Gasteiger partial charge on any atom is 0.266 e. The zero-order chi connectivity index (χ0) is 22.7. The lowest BCUT2D eigenvalue weighted by atomic mass is 10.1. The minimum Gasteiger partial charge on any atom is -0.476 e. The normalized spacial score (nSPS) is 15.6. The number of benzene rings is 3. The SMILES string of the molecule is CS(=O)(=O)N1C[C@H](C(=O)N(Cc2ccccc2)Cc2ccccc2)Oc2ccc(Cl)cc21. The van der Waals surface area contributed by atoms with Gasteiger partial charge in [0, 0.05) is 18.1 Å². The summed E-state index contributed by atoms with van der Waals surface area (Å²) in [5, 5.41) is 0.389. The Balaban J connectivity index is 1.65. The average molecular weight is 471 g/mol. The van der Waals surface area contributed by atoms with Gasteiger partial charge in [0.05, 0.1) is 18.5 Å². The number of amides is 1. The standard InChI is InChI=1S/C24H23ClN2O4S/c1-32(29,30)27-17-23(31-22-13-12-20(25)14-21(22)27)24(28)26(15-18-8-4-2-5-9-18)16-19-10-6-3-7-11-19/h2-14,23H,15-17H2,1H3/t23-/m1/s1. The number of rotatable bonds is 6. The summed E-state index contributed by atoms with van der Waals surface area (Å²) in [5.74, 6) is 0.0238. The van der Waals surface area contributed by atoms with E-state index < -0.39 is 16.1 Å². The molecule has 32 heavy (non-hydrogen) atoms. The molecule has 3 aromatic carbocycles. The first-order valence-electron chi connectivity index (χ1n) is 10.1.